The summed E-state index contributed by atoms with van der Waals surface area (Å²) < 4.78 is 0. The molecule has 0 bridgehead atoms. The molecule has 0 amide bonds. The van der Waals surface area contributed by atoms with Crippen LogP contribution < -0.4 is 0 Å². The van der Waals surface area contributed by atoms with Gasteiger partial charge in [-0.15, -0.1) is 11.3 Å². The molecule has 21 heavy (non-hydrogen) atoms. The van der Waals surface area contributed by atoms with Gasteiger partial charge in [0.2, 0.25) is 0 Å². The normalized spacial score (nSPS) is 17.2. The van der Waals surface area contributed by atoms with E-state index in [9.17, 15) is 0 Å². The molecule has 112 valence electrons. The highest BCUT2D eigenvalue weighted by atomic mass is 32.2. The summed E-state index contributed by atoms with van der Waals surface area (Å²) in [5.74, 6) is 1.05. The quantitative estimate of drug-likeness (QED) is 0.624. The van der Waals surface area contributed by atoms with E-state index in [-0.39, 0.29) is 0 Å². The molecule has 0 spiro atoms. The molecule has 0 radical (unpaired) electrons. The predicted octanol–water partition coefficient (Wildman–Crippen LogP) is 2.54. The van der Waals surface area contributed by atoms with Crippen LogP contribution in [0.4, 0.5) is 0 Å². The summed E-state index contributed by atoms with van der Waals surface area (Å²) in [5.41, 5.74) is 1.03. The van der Waals surface area contributed by atoms with Gasteiger partial charge in [0.1, 0.15) is 0 Å². The molecule has 2 aromatic heterocycles. The van der Waals surface area contributed by atoms with E-state index in [1.807, 2.05) is 12.3 Å². The van der Waals surface area contributed by atoms with Gasteiger partial charge in [-0.2, -0.15) is 0 Å². The van der Waals surface area contributed by atoms with Crippen LogP contribution in [0.2, 0.25) is 0 Å². The van der Waals surface area contributed by atoms with Gasteiger partial charge < -0.3 is 4.90 Å². The molecule has 2 aromatic rings. The van der Waals surface area contributed by atoms with E-state index < -0.39 is 0 Å². The average molecular weight is 320 g/mol. The largest absolute Gasteiger partial charge is 0.304 e. The molecule has 0 aliphatic carbocycles. The second-order valence-corrected chi connectivity index (χ2v) is 7.20. The van der Waals surface area contributed by atoms with Crippen molar-refractivity contribution < 1.29 is 0 Å². The van der Waals surface area contributed by atoms with Crippen molar-refractivity contribution in [2.75, 3.05) is 45.5 Å². The predicted molar refractivity (Wildman–Crippen MR) is 90.0 cm³/mol. The zero-order valence-corrected chi connectivity index (χ0v) is 13.9. The van der Waals surface area contributed by atoms with E-state index in [0.717, 1.165) is 23.1 Å². The van der Waals surface area contributed by atoms with E-state index in [1.165, 1.54) is 31.1 Å². The smallest absolute Gasteiger partial charge is 0.188 e. The van der Waals surface area contributed by atoms with E-state index in [0.29, 0.717) is 0 Å². The summed E-state index contributed by atoms with van der Waals surface area (Å²) in [5, 5.41) is 2.97. The molecule has 1 saturated heterocycles. The third kappa shape index (κ3) is 4.26. The summed E-state index contributed by atoms with van der Waals surface area (Å²) in [4.78, 5) is 15.1. The topological polar surface area (TPSA) is 32.3 Å². The summed E-state index contributed by atoms with van der Waals surface area (Å²) in [6, 6.07) is 6.14. The zero-order chi connectivity index (χ0) is 14.5. The van der Waals surface area contributed by atoms with E-state index in [4.69, 9.17) is 0 Å². The van der Waals surface area contributed by atoms with Crippen molar-refractivity contribution in [3.63, 3.8) is 0 Å². The Hall–Kier alpha value is -0.950. The van der Waals surface area contributed by atoms with Crippen molar-refractivity contribution >= 4 is 23.1 Å². The van der Waals surface area contributed by atoms with Crippen LogP contribution in [-0.4, -0.2) is 65.3 Å². The van der Waals surface area contributed by atoms with Gasteiger partial charge in [0.05, 0.1) is 10.6 Å². The Balaban J connectivity index is 1.50. The molecule has 6 heteroatoms. The summed E-state index contributed by atoms with van der Waals surface area (Å²) in [6.45, 7) is 5.81. The van der Waals surface area contributed by atoms with Crippen molar-refractivity contribution in [2.24, 2.45) is 0 Å². The number of thiophene rings is 1. The van der Waals surface area contributed by atoms with Gasteiger partial charge in [0.25, 0.3) is 0 Å². The SMILES string of the molecule is CN1CCN(CCSc2nccc(-c3cccs3)n2)CC1. The van der Waals surface area contributed by atoms with Crippen LogP contribution in [0.1, 0.15) is 0 Å². The molecule has 3 heterocycles. The van der Waals surface area contributed by atoms with Crippen molar-refractivity contribution in [1.82, 2.24) is 19.8 Å². The molecule has 0 unspecified atom stereocenters. The first-order valence-corrected chi connectivity index (χ1v) is 9.08. The minimum atomic E-state index is 0.884. The van der Waals surface area contributed by atoms with Crippen LogP contribution in [0.3, 0.4) is 0 Å². The molecule has 3 rings (SSSR count). The Kier molecular flexibility index (Phi) is 5.24. The van der Waals surface area contributed by atoms with Crippen LogP contribution in [-0.2, 0) is 0 Å². The van der Waals surface area contributed by atoms with Crippen LogP contribution >= 0.6 is 23.1 Å². The Labute approximate surface area is 134 Å². The van der Waals surface area contributed by atoms with Gasteiger partial charge in [-0.3, -0.25) is 4.90 Å². The third-order valence-electron chi connectivity index (χ3n) is 3.64. The maximum Gasteiger partial charge on any atom is 0.188 e. The van der Waals surface area contributed by atoms with E-state index in [1.54, 1.807) is 23.1 Å². The monoisotopic (exact) mass is 320 g/mol. The molecular formula is C15H20N4S2. The summed E-state index contributed by atoms with van der Waals surface area (Å²) in [6.07, 6.45) is 1.86. The van der Waals surface area contributed by atoms with Gasteiger partial charge in [-0.25, -0.2) is 9.97 Å². The maximum absolute atomic E-state index is 4.65. The molecule has 1 aliphatic heterocycles. The van der Waals surface area contributed by atoms with Gasteiger partial charge >= 0.3 is 0 Å². The van der Waals surface area contributed by atoms with Gasteiger partial charge in [-0.05, 0) is 24.6 Å². The lowest BCUT2D eigenvalue weighted by Gasteiger charge is -2.32. The Morgan fingerprint density at radius 2 is 2.10 bits per heavy atom. The first-order chi connectivity index (χ1) is 10.3. The molecule has 0 N–H and O–H groups in total. The molecule has 0 saturated carbocycles. The number of hydrogen-bond donors (Lipinski definition) is 0. The fourth-order valence-electron chi connectivity index (χ4n) is 2.31. The first-order valence-electron chi connectivity index (χ1n) is 7.22. The Bertz CT molecular complexity index is 551. The minimum absolute atomic E-state index is 0.884. The minimum Gasteiger partial charge on any atom is -0.304 e. The maximum atomic E-state index is 4.65. The Morgan fingerprint density at radius 3 is 2.86 bits per heavy atom. The lowest BCUT2D eigenvalue weighted by molar-refractivity contribution is 0.161. The highest BCUT2D eigenvalue weighted by Gasteiger charge is 2.13. The fourth-order valence-corrected chi connectivity index (χ4v) is 3.84. The summed E-state index contributed by atoms with van der Waals surface area (Å²) >= 11 is 3.47. The van der Waals surface area contributed by atoms with Crippen molar-refractivity contribution in [3.8, 4) is 10.6 Å². The number of nitrogens with zero attached hydrogens (tertiary/aromatic N) is 4. The van der Waals surface area contributed by atoms with Crippen molar-refractivity contribution in [2.45, 2.75) is 5.16 Å². The zero-order valence-electron chi connectivity index (χ0n) is 12.2. The number of likely N-dealkylation sites (N-methyl/N-ethyl adjacent to an activating group) is 1. The average Bonchev–Trinajstić information content (AvgIpc) is 3.04. The second-order valence-electron chi connectivity index (χ2n) is 5.20. The van der Waals surface area contributed by atoms with Crippen LogP contribution in [0, 0.1) is 0 Å². The molecule has 1 fully saturated rings. The Morgan fingerprint density at radius 1 is 1.24 bits per heavy atom. The first kappa shape index (κ1) is 15.0. The van der Waals surface area contributed by atoms with Gasteiger partial charge in [0, 0.05) is 44.7 Å². The van der Waals surface area contributed by atoms with Crippen LogP contribution in [0.25, 0.3) is 10.6 Å². The molecule has 0 aromatic carbocycles. The number of thioether (sulfide) groups is 1. The molecular weight excluding hydrogens is 300 g/mol. The van der Waals surface area contributed by atoms with Crippen LogP contribution in [0.5, 0.6) is 0 Å². The number of aromatic nitrogens is 2. The highest BCUT2D eigenvalue weighted by molar-refractivity contribution is 7.99. The number of hydrogen-bond acceptors (Lipinski definition) is 6. The fraction of sp³-hybridized carbons (Fsp3) is 0.467. The van der Waals surface area contributed by atoms with E-state index >= 15 is 0 Å². The highest BCUT2D eigenvalue weighted by Crippen LogP contribution is 2.24. The van der Waals surface area contributed by atoms with E-state index in [2.05, 4.69) is 44.3 Å². The standard InChI is InChI=1S/C15H20N4S2/c1-18-6-8-19(9-7-18)10-12-21-15-16-5-4-13(17-15)14-3-2-11-20-14/h2-5,11H,6-10,12H2,1H3. The summed E-state index contributed by atoms with van der Waals surface area (Å²) in [7, 11) is 2.19. The van der Waals surface area contributed by atoms with Crippen molar-refractivity contribution in [1.29, 1.82) is 0 Å². The third-order valence-corrected chi connectivity index (χ3v) is 5.38. The van der Waals surface area contributed by atoms with Gasteiger partial charge in [-0.1, -0.05) is 17.8 Å². The van der Waals surface area contributed by atoms with Crippen molar-refractivity contribution in [3.05, 3.63) is 29.8 Å². The van der Waals surface area contributed by atoms with Gasteiger partial charge in [0.15, 0.2) is 5.16 Å². The van der Waals surface area contributed by atoms with Crippen LogP contribution in [0.15, 0.2) is 34.9 Å². The number of piperazine rings is 1. The lowest BCUT2D eigenvalue weighted by atomic mass is 10.3. The lowest BCUT2D eigenvalue weighted by Crippen LogP contribution is -2.45. The number of rotatable bonds is 5. The molecule has 1 aliphatic rings. The molecule has 0 atom stereocenters. The molecule has 4 nitrogen and oxygen atoms in total. The second kappa shape index (κ2) is 7.35.